The van der Waals surface area contributed by atoms with E-state index in [1.54, 1.807) is 19.2 Å². The lowest BCUT2D eigenvalue weighted by Crippen LogP contribution is -2.37. The Morgan fingerprint density at radius 2 is 2.22 bits per heavy atom. The van der Waals surface area contributed by atoms with Gasteiger partial charge in [-0.15, -0.1) is 24.0 Å². The van der Waals surface area contributed by atoms with E-state index >= 15 is 0 Å². The molecule has 130 valence electrons. The molecule has 7 heteroatoms. The van der Waals surface area contributed by atoms with Crippen molar-refractivity contribution in [1.29, 1.82) is 0 Å². The van der Waals surface area contributed by atoms with E-state index in [9.17, 15) is 4.39 Å². The minimum Gasteiger partial charge on any atom is -0.379 e. The zero-order valence-corrected chi connectivity index (χ0v) is 15.7. The first-order chi connectivity index (χ1) is 10.8. The van der Waals surface area contributed by atoms with Gasteiger partial charge in [0.05, 0.1) is 12.7 Å². The molecule has 0 saturated carbocycles. The van der Waals surface area contributed by atoms with Gasteiger partial charge in [0.2, 0.25) is 0 Å². The summed E-state index contributed by atoms with van der Waals surface area (Å²) in [5.74, 6) is 0.449. The first kappa shape index (κ1) is 20.1. The van der Waals surface area contributed by atoms with Crippen LogP contribution in [-0.4, -0.2) is 45.5 Å². The molecule has 1 aromatic carbocycles. The van der Waals surface area contributed by atoms with Crippen LogP contribution in [0.1, 0.15) is 18.4 Å². The van der Waals surface area contributed by atoms with Crippen LogP contribution in [-0.2, 0) is 16.0 Å². The van der Waals surface area contributed by atoms with Crippen molar-refractivity contribution in [2.45, 2.75) is 25.5 Å². The van der Waals surface area contributed by atoms with E-state index in [2.05, 4.69) is 15.6 Å². The predicted octanol–water partition coefficient (Wildman–Crippen LogP) is 2.30. The van der Waals surface area contributed by atoms with Crippen molar-refractivity contribution in [1.82, 2.24) is 10.6 Å². The number of aliphatic imine (C=N–C) groups is 1. The number of hydrogen-bond donors (Lipinski definition) is 2. The van der Waals surface area contributed by atoms with Gasteiger partial charge in [-0.25, -0.2) is 4.39 Å². The van der Waals surface area contributed by atoms with E-state index in [0.717, 1.165) is 26.0 Å². The number of hydrogen-bond acceptors (Lipinski definition) is 3. The van der Waals surface area contributed by atoms with Crippen molar-refractivity contribution >= 4 is 29.9 Å². The highest BCUT2D eigenvalue weighted by Crippen LogP contribution is 2.08. The number of nitrogens with one attached hydrogen (secondary N) is 2. The third-order valence-corrected chi connectivity index (χ3v) is 3.48. The van der Waals surface area contributed by atoms with Gasteiger partial charge in [0.15, 0.2) is 5.96 Å². The molecular formula is C16H25FIN3O2. The summed E-state index contributed by atoms with van der Waals surface area (Å²) < 4.78 is 24.5. The van der Waals surface area contributed by atoms with Crippen LogP contribution in [0, 0.1) is 5.82 Å². The molecule has 0 bridgehead atoms. The Balaban J connectivity index is 0.00000264. The van der Waals surface area contributed by atoms with E-state index in [4.69, 9.17) is 9.47 Å². The van der Waals surface area contributed by atoms with Gasteiger partial charge >= 0.3 is 0 Å². The van der Waals surface area contributed by atoms with Gasteiger partial charge in [0.25, 0.3) is 0 Å². The SMILES string of the molecule is CN=C(NCCCOC1CCOC1)NCc1ccccc1F.I. The van der Waals surface area contributed by atoms with E-state index in [1.807, 2.05) is 6.07 Å². The minimum atomic E-state index is -0.211. The first-order valence-corrected chi connectivity index (χ1v) is 7.67. The van der Waals surface area contributed by atoms with Gasteiger partial charge < -0.3 is 20.1 Å². The molecule has 1 heterocycles. The zero-order valence-electron chi connectivity index (χ0n) is 13.4. The smallest absolute Gasteiger partial charge is 0.191 e. The van der Waals surface area contributed by atoms with Gasteiger partial charge in [0, 0.05) is 38.9 Å². The average molecular weight is 437 g/mol. The number of ether oxygens (including phenoxy) is 2. The second-order valence-corrected chi connectivity index (χ2v) is 5.15. The fourth-order valence-electron chi connectivity index (χ4n) is 2.21. The van der Waals surface area contributed by atoms with Crippen LogP contribution < -0.4 is 10.6 Å². The lowest BCUT2D eigenvalue weighted by Gasteiger charge is -2.13. The van der Waals surface area contributed by atoms with E-state index in [1.165, 1.54) is 6.07 Å². The van der Waals surface area contributed by atoms with Gasteiger partial charge in [0.1, 0.15) is 5.82 Å². The van der Waals surface area contributed by atoms with Crippen molar-refractivity contribution in [3.63, 3.8) is 0 Å². The van der Waals surface area contributed by atoms with Gasteiger partial charge in [-0.3, -0.25) is 4.99 Å². The highest BCUT2D eigenvalue weighted by molar-refractivity contribution is 14.0. The summed E-state index contributed by atoms with van der Waals surface area (Å²) in [6.45, 7) is 3.37. The lowest BCUT2D eigenvalue weighted by molar-refractivity contribution is 0.0420. The molecule has 0 aliphatic carbocycles. The molecule has 23 heavy (non-hydrogen) atoms. The topological polar surface area (TPSA) is 54.9 Å². The van der Waals surface area contributed by atoms with Crippen molar-refractivity contribution in [2.75, 3.05) is 33.4 Å². The molecule has 2 rings (SSSR count). The molecule has 5 nitrogen and oxygen atoms in total. The molecule has 1 aliphatic heterocycles. The third-order valence-electron chi connectivity index (χ3n) is 3.48. The first-order valence-electron chi connectivity index (χ1n) is 7.67. The average Bonchev–Trinajstić information content (AvgIpc) is 3.05. The highest BCUT2D eigenvalue weighted by atomic mass is 127. The number of halogens is 2. The summed E-state index contributed by atoms with van der Waals surface area (Å²) in [6, 6.07) is 6.71. The van der Waals surface area contributed by atoms with Crippen molar-refractivity contribution < 1.29 is 13.9 Å². The van der Waals surface area contributed by atoms with Crippen LogP contribution in [0.5, 0.6) is 0 Å². The number of benzene rings is 1. The Kier molecular flexibility index (Phi) is 10.1. The largest absolute Gasteiger partial charge is 0.379 e. The van der Waals surface area contributed by atoms with Crippen molar-refractivity contribution in [2.24, 2.45) is 4.99 Å². The molecule has 2 N–H and O–H groups in total. The molecule has 1 aliphatic rings. The monoisotopic (exact) mass is 437 g/mol. The van der Waals surface area contributed by atoms with Gasteiger partial charge in [-0.05, 0) is 18.9 Å². The van der Waals surface area contributed by atoms with Crippen LogP contribution in [0.3, 0.4) is 0 Å². The lowest BCUT2D eigenvalue weighted by atomic mass is 10.2. The fourth-order valence-corrected chi connectivity index (χ4v) is 2.21. The maximum absolute atomic E-state index is 13.5. The van der Waals surface area contributed by atoms with Crippen LogP contribution in [0.15, 0.2) is 29.3 Å². The molecule has 1 saturated heterocycles. The van der Waals surface area contributed by atoms with Gasteiger partial charge in [-0.2, -0.15) is 0 Å². The van der Waals surface area contributed by atoms with E-state index in [0.29, 0.717) is 31.3 Å². The van der Waals surface area contributed by atoms with Crippen LogP contribution in [0.2, 0.25) is 0 Å². The third kappa shape index (κ3) is 7.45. The van der Waals surface area contributed by atoms with Crippen molar-refractivity contribution in [3.8, 4) is 0 Å². The molecule has 0 spiro atoms. The van der Waals surface area contributed by atoms with Crippen LogP contribution in [0.25, 0.3) is 0 Å². The Bertz CT molecular complexity index is 482. The normalized spacial score (nSPS) is 17.7. The summed E-state index contributed by atoms with van der Waals surface area (Å²) in [5, 5.41) is 6.29. The second kappa shape index (κ2) is 11.6. The Morgan fingerprint density at radius 3 is 2.91 bits per heavy atom. The minimum absolute atomic E-state index is 0. The van der Waals surface area contributed by atoms with Crippen LogP contribution >= 0.6 is 24.0 Å². The number of rotatable bonds is 7. The Labute approximate surface area is 154 Å². The molecule has 0 amide bonds. The maximum Gasteiger partial charge on any atom is 0.191 e. The standard InChI is InChI=1S/C16H24FN3O2.HI/c1-18-16(20-11-13-5-2-3-6-15(13)17)19-8-4-9-22-14-7-10-21-12-14;/h2-3,5-6,14H,4,7-12H2,1H3,(H2,18,19,20);1H. The summed E-state index contributed by atoms with van der Waals surface area (Å²) in [4.78, 5) is 4.12. The summed E-state index contributed by atoms with van der Waals surface area (Å²) in [6.07, 6.45) is 2.12. The van der Waals surface area contributed by atoms with Gasteiger partial charge in [-0.1, -0.05) is 18.2 Å². The zero-order chi connectivity index (χ0) is 15.6. The molecule has 1 atom stereocenters. The molecule has 1 aromatic rings. The molecule has 1 unspecified atom stereocenters. The summed E-state index contributed by atoms with van der Waals surface area (Å²) in [7, 11) is 1.70. The van der Waals surface area contributed by atoms with Crippen LogP contribution in [0.4, 0.5) is 4.39 Å². The molecule has 0 aromatic heterocycles. The summed E-state index contributed by atoms with van der Waals surface area (Å²) >= 11 is 0. The maximum atomic E-state index is 13.5. The highest BCUT2D eigenvalue weighted by Gasteiger charge is 2.15. The fraction of sp³-hybridized carbons (Fsp3) is 0.562. The second-order valence-electron chi connectivity index (χ2n) is 5.15. The quantitative estimate of drug-likeness (QED) is 0.298. The molecule has 0 radical (unpaired) electrons. The summed E-state index contributed by atoms with van der Waals surface area (Å²) in [5.41, 5.74) is 0.620. The van der Waals surface area contributed by atoms with E-state index in [-0.39, 0.29) is 35.9 Å². The molecular weight excluding hydrogens is 412 g/mol. The Morgan fingerprint density at radius 1 is 1.39 bits per heavy atom. The number of guanidine groups is 1. The number of nitrogens with zero attached hydrogens (tertiary/aromatic N) is 1. The van der Waals surface area contributed by atoms with E-state index < -0.39 is 0 Å². The Hall–Kier alpha value is -0.930. The predicted molar refractivity (Wildman–Crippen MR) is 99.8 cm³/mol. The van der Waals surface area contributed by atoms with Crippen molar-refractivity contribution in [3.05, 3.63) is 35.6 Å². The molecule has 1 fully saturated rings.